The van der Waals surface area contributed by atoms with E-state index in [1.54, 1.807) is 12.4 Å². The second kappa shape index (κ2) is 7.12. The molecule has 0 spiro atoms. The summed E-state index contributed by atoms with van der Waals surface area (Å²) in [4.78, 5) is 8.42. The molecule has 0 saturated heterocycles. The third-order valence-corrected chi connectivity index (χ3v) is 2.29. The van der Waals surface area contributed by atoms with Gasteiger partial charge in [-0.05, 0) is 25.8 Å². The molecule has 15 heavy (non-hydrogen) atoms. The average molecular weight is 205 g/mol. The highest BCUT2D eigenvalue weighted by Crippen LogP contribution is 2.16. The minimum atomic E-state index is 0.323. The molecule has 1 aromatic heterocycles. The van der Waals surface area contributed by atoms with Crippen molar-refractivity contribution in [2.45, 2.75) is 32.2 Å². The molecule has 1 atom stereocenters. The van der Waals surface area contributed by atoms with Gasteiger partial charge in [-0.2, -0.15) is 0 Å². The Kier molecular flexibility index (Phi) is 5.63. The Hall–Kier alpha value is -1.22. The van der Waals surface area contributed by atoms with E-state index in [0.717, 1.165) is 31.5 Å². The van der Waals surface area contributed by atoms with E-state index < -0.39 is 0 Å². The zero-order chi connectivity index (χ0) is 10.9. The van der Waals surface area contributed by atoms with Gasteiger partial charge in [0, 0.05) is 18.6 Å². The van der Waals surface area contributed by atoms with Crippen molar-refractivity contribution >= 4 is 0 Å². The summed E-state index contributed by atoms with van der Waals surface area (Å²) in [6.45, 7) is 6.79. The molecule has 0 aliphatic heterocycles. The van der Waals surface area contributed by atoms with Gasteiger partial charge in [-0.3, -0.25) is 9.97 Å². The van der Waals surface area contributed by atoms with Crippen molar-refractivity contribution in [3.8, 4) is 0 Å². The summed E-state index contributed by atoms with van der Waals surface area (Å²) in [5, 5.41) is 3.42. The van der Waals surface area contributed by atoms with Crippen LogP contribution >= 0.6 is 0 Å². The fraction of sp³-hybridized carbons (Fsp3) is 0.500. The molecule has 1 rings (SSSR count). The van der Waals surface area contributed by atoms with E-state index in [1.807, 2.05) is 12.3 Å². The summed E-state index contributed by atoms with van der Waals surface area (Å²) in [5.74, 6) is 0. The molecule has 0 radical (unpaired) electrons. The molecule has 82 valence electrons. The van der Waals surface area contributed by atoms with Gasteiger partial charge in [0.1, 0.15) is 0 Å². The molecule has 1 N–H and O–H groups in total. The number of nitrogens with zero attached hydrogens (tertiary/aromatic N) is 2. The molecule has 0 fully saturated rings. The zero-order valence-electron chi connectivity index (χ0n) is 9.32. The molecule has 0 aromatic carbocycles. The normalized spacial score (nSPS) is 12.3. The van der Waals surface area contributed by atoms with Gasteiger partial charge in [-0.25, -0.2) is 0 Å². The van der Waals surface area contributed by atoms with Gasteiger partial charge >= 0.3 is 0 Å². The van der Waals surface area contributed by atoms with Crippen LogP contribution in [-0.4, -0.2) is 16.5 Å². The maximum absolute atomic E-state index is 4.33. The van der Waals surface area contributed by atoms with Crippen LogP contribution in [0.1, 0.15) is 37.9 Å². The maximum atomic E-state index is 4.33. The summed E-state index contributed by atoms with van der Waals surface area (Å²) >= 11 is 0. The molecule has 0 saturated carbocycles. The second-order valence-corrected chi connectivity index (χ2v) is 3.46. The van der Waals surface area contributed by atoms with Crippen LogP contribution in [0.5, 0.6) is 0 Å². The summed E-state index contributed by atoms with van der Waals surface area (Å²) in [6, 6.07) is 0.323. The van der Waals surface area contributed by atoms with Crippen LogP contribution in [-0.2, 0) is 0 Å². The lowest BCUT2D eigenvalue weighted by Crippen LogP contribution is -2.21. The highest BCUT2D eigenvalue weighted by Gasteiger charge is 2.10. The molecule has 1 aromatic rings. The maximum Gasteiger partial charge on any atom is 0.0756 e. The van der Waals surface area contributed by atoms with Gasteiger partial charge in [-0.1, -0.05) is 13.0 Å². The van der Waals surface area contributed by atoms with Crippen LogP contribution in [0.4, 0.5) is 0 Å². The van der Waals surface area contributed by atoms with Gasteiger partial charge in [0.25, 0.3) is 0 Å². The van der Waals surface area contributed by atoms with Crippen LogP contribution in [0.2, 0.25) is 0 Å². The highest BCUT2D eigenvalue weighted by atomic mass is 14.9. The van der Waals surface area contributed by atoms with Gasteiger partial charge < -0.3 is 5.32 Å². The fourth-order valence-electron chi connectivity index (χ4n) is 1.56. The lowest BCUT2D eigenvalue weighted by molar-refractivity contribution is 0.488. The van der Waals surface area contributed by atoms with Crippen LogP contribution < -0.4 is 5.32 Å². The third kappa shape index (κ3) is 4.21. The number of hydrogen-bond donors (Lipinski definition) is 1. The topological polar surface area (TPSA) is 37.8 Å². The lowest BCUT2D eigenvalue weighted by Gasteiger charge is -2.16. The number of unbranched alkanes of at least 4 members (excludes halogenated alkanes) is 1. The van der Waals surface area contributed by atoms with Crippen molar-refractivity contribution in [1.82, 2.24) is 15.3 Å². The number of hydrogen-bond acceptors (Lipinski definition) is 3. The minimum Gasteiger partial charge on any atom is -0.309 e. The summed E-state index contributed by atoms with van der Waals surface area (Å²) in [5.41, 5.74) is 1.03. The van der Waals surface area contributed by atoms with E-state index in [1.165, 1.54) is 0 Å². The number of rotatable bonds is 7. The monoisotopic (exact) mass is 205 g/mol. The average Bonchev–Trinajstić information content (AvgIpc) is 2.29. The lowest BCUT2D eigenvalue weighted by atomic mass is 10.1. The predicted molar refractivity (Wildman–Crippen MR) is 62.5 cm³/mol. The Morgan fingerprint density at radius 2 is 2.40 bits per heavy atom. The fourth-order valence-corrected chi connectivity index (χ4v) is 1.56. The molecular formula is C12H19N3. The molecule has 0 bridgehead atoms. The summed E-state index contributed by atoms with van der Waals surface area (Å²) in [7, 11) is 0. The minimum absolute atomic E-state index is 0.323. The highest BCUT2D eigenvalue weighted by molar-refractivity contribution is 5.02. The standard InChI is InChI=1S/C12H19N3/c1-3-5-6-7-11(14-4-2)12-10-13-8-9-15-12/h3,8-11,14H,1,4-7H2,2H3. The molecule has 0 amide bonds. The Morgan fingerprint density at radius 1 is 1.53 bits per heavy atom. The van der Waals surface area contributed by atoms with Crippen molar-refractivity contribution in [3.63, 3.8) is 0 Å². The smallest absolute Gasteiger partial charge is 0.0756 e. The molecule has 3 nitrogen and oxygen atoms in total. The van der Waals surface area contributed by atoms with E-state index in [2.05, 4.69) is 28.8 Å². The van der Waals surface area contributed by atoms with Gasteiger partial charge in [-0.15, -0.1) is 6.58 Å². The molecule has 1 heterocycles. The predicted octanol–water partition coefficient (Wildman–Crippen LogP) is 2.48. The van der Waals surface area contributed by atoms with Crippen LogP contribution in [0.25, 0.3) is 0 Å². The molecular weight excluding hydrogens is 186 g/mol. The first-order valence-electron chi connectivity index (χ1n) is 5.48. The van der Waals surface area contributed by atoms with E-state index >= 15 is 0 Å². The van der Waals surface area contributed by atoms with Crippen molar-refractivity contribution in [1.29, 1.82) is 0 Å². The number of aromatic nitrogens is 2. The van der Waals surface area contributed by atoms with E-state index in [-0.39, 0.29) is 0 Å². The molecule has 1 unspecified atom stereocenters. The van der Waals surface area contributed by atoms with Crippen molar-refractivity contribution in [3.05, 3.63) is 36.9 Å². The van der Waals surface area contributed by atoms with E-state index in [0.29, 0.717) is 6.04 Å². The first-order chi connectivity index (χ1) is 7.38. The second-order valence-electron chi connectivity index (χ2n) is 3.46. The van der Waals surface area contributed by atoms with Crippen LogP contribution in [0.15, 0.2) is 31.2 Å². The zero-order valence-corrected chi connectivity index (χ0v) is 9.32. The number of nitrogens with one attached hydrogen (secondary N) is 1. The Balaban J connectivity index is 2.53. The van der Waals surface area contributed by atoms with E-state index in [4.69, 9.17) is 0 Å². The van der Waals surface area contributed by atoms with E-state index in [9.17, 15) is 0 Å². The van der Waals surface area contributed by atoms with Gasteiger partial charge in [0.2, 0.25) is 0 Å². The summed E-state index contributed by atoms with van der Waals surface area (Å²) < 4.78 is 0. The Labute approximate surface area is 91.7 Å². The van der Waals surface area contributed by atoms with Crippen molar-refractivity contribution in [2.24, 2.45) is 0 Å². The number of allylic oxidation sites excluding steroid dienone is 1. The van der Waals surface area contributed by atoms with Crippen molar-refractivity contribution in [2.75, 3.05) is 6.54 Å². The Bertz CT molecular complexity index is 271. The first kappa shape index (κ1) is 11.9. The van der Waals surface area contributed by atoms with Gasteiger partial charge in [0.05, 0.1) is 11.7 Å². The molecule has 3 heteroatoms. The largest absolute Gasteiger partial charge is 0.309 e. The Morgan fingerprint density at radius 3 is 3.00 bits per heavy atom. The summed E-state index contributed by atoms with van der Waals surface area (Å²) in [6.07, 6.45) is 10.5. The van der Waals surface area contributed by atoms with Crippen LogP contribution in [0.3, 0.4) is 0 Å². The molecule has 0 aliphatic rings. The van der Waals surface area contributed by atoms with Crippen LogP contribution in [0, 0.1) is 0 Å². The van der Waals surface area contributed by atoms with Crippen molar-refractivity contribution < 1.29 is 0 Å². The first-order valence-corrected chi connectivity index (χ1v) is 5.48. The SMILES string of the molecule is C=CCCCC(NCC)c1cnccn1. The molecule has 0 aliphatic carbocycles. The van der Waals surface area contributed by atoms with Gasteiger partial charge in [0.15, 0.2) is 0 Å². The quantitative estimate of drug-likeness (QED) is 0.549. The third-order valence-electron chi connectivity index (χ3n) is 2.29.